The Kier molecular flexibility index (Phi) is 8.02. The van der Waals surface area contributed by atoms with Crippen LogP contribution in [0.5, 0.6) is 28.7 Å². The van der Waals surface area contributed by atoms with Crippen molar-refractivity contribution < 1.29 is 38.4 Å². The molecular formula is C42H47N5O8S. The number of fused-ring (bicyclic) bond motifs is 8. The molecule has 12 rings (SSSR count). The first-order valence-electron chi connectivity index (χ1n) is 19.3. The van der Waals surface area contributed by atoms with Gasteiger partial charge in [0.05, 0.1) is 30.1 Å². The third kappa shape index (κ3) is 4.76. The molecule has 5 N–H and O–H groups in total. The van der Waals surface area contributed by atoms with E-state index in [9.17, 15) is 9.90 Å². The average molecular weight is 782 g/mol. The lowest BCUT2D eigenvalue weighted by Crippen LogP contribution is -2.69. The number of rotatable bonds is 3. The Labute approximate surface area is 329 Å². The maximum Gasteiger partial charge on any atom is 0.333 e. The van der Waals surface area contributed by atoms with E-state index in [1.807, 2.05) is 32.0 Å². The standard InChI is InChI=1S/C42H47N5O8S/c1-19-11-22-13-41(4)16-46(5)31(28(22)33(49)34(19)51-6)32-38-30-29(37-36(53-18-54-37)20(2)35(30)55-21(3)48)27(47(32)41)15-52-40(50)42(17-56-38)39-25(12-23(14-43)45-42)24-9-7-8-10-26(24)44-39/h7-11,23,27,31-32,38,44-45,49H,12-18,43H2,1-6H3/t23-,27-,31-,32+,38+,41?,42+/m0/s1. The second-order valence-electron chi connectivity index (χ2n) is 16.6. The van der Waals surface area contributed by atoms with Gasteiger partial charge in [-0.15, -0.1) is 11.8 Å². The predicted molar refractivity (Wildman–Crippen MR) is 210 cm³/mol. The number of aromatic nitrogens is 1. The summed E-state index contributed by atoms with van der Waals surface area (Å²) < 4.78 is 31.2. The van der Waals surface area contributed by atoms with E-state index in [-0.39, 0.29) is 49.0 Å². The molecule has 294 valence electrons. The molecule has 2 unspecified atom stereocenters. The first kappa shape index (κ1) is 35.9. The number of carbonyl (C=O) groups excluding carboxylic acids is 2. The number of hydrogen-bond donors (Lipinski definition) is 4. The molecule has 14 heteroatoms. The van der Waals surface area contributed by atoms with Crippen molar-refractivity contribution in [2.45, 2.75) is 81.0 Å². The van der Waals surface area contributed by atoms with Crippen molar-refractivity contribution in [1.29, 1.82) is 0 Å². The second-order valence-corrected chi connectivity index (χ2v) is 17.7. The van der Waals surface area contributed by atoms with Crippen molar-refractivity contribution in [3.8, 4) is 28.7 Å². The zero-order valence-corrected chi connectivity index (χ0v) is 33.2. The van der Waals surface area contributed by atoms with Crippen LogP contribution in [0.25, 0.3) is 10.9 Å². The van der Waals surface area contributed by atoms with Crippen molar-refractivity contribution in [3.63, 3.8) is 0 Å². The molecule has 4 aromatic rings. The van der Waals surface area contributed by atoms with Gasteiger partial charge in [0.15, 0.2) is 28.5 Å². The Morgan fingerprint density at radius 1 is 1.12 bits per heavy atom. The molecule has 0 radical (unpaired) electrons. The Morgan fingerprint density at radius 2 is 1.91 bits per heavy atom. The van der Waals surface area contributed by atoms with E-state index in [1.165, 1.54) is 6.92 Å². The number of H-pyrrole nitrogens is 1. The lowest BCUT2D eigenvalue weighted by molar-refractivity contribution is -0.160. The number of aromatic hydroxyl groups is 1. The quantitative estimate of drug-likeness (QED) is 0.169. The number of likely N-dealkylation sites (N-methyl/N-ethyl adjacent to an activating group) is 1. The molecule has 0 aliphatic carbocycles. The summed E-state index contributed by atoms with van der Waals surface area (Å²) in [5.41, 5.74) is 12.4. The number of piperazine rings is 1. The number of nitrogens with zero attached hydrogens (tertiary/aromatic N) is 2. The molecule has 1 aromatic heterocycles. The van der Waals surface area contributed by atoms with E-state index < -0.39 is 28.3 Å². The molecule has 8 aliphatic rings. The Morgan fingerprint density at radius 3 is 2.68 bits per heavy atom. The maximum atomic E-state index is 15.1. The minimum Gasteiger partial charge on any atom is -0.504 e. The Bertz CT molecular complexity index is 2370. The number of nitrogens with two attached hydrogens (primary N) is 1. The topological polar surface area (TPSA) is 161 Å². The van der Waals surface area contributed by atoms with Gasteiger partial charge in [-0.25, -0.2) is 4.79 Å². The minimum absolute atomic E-state index is 0.0115. The molecule has 3 aromatic carbocycles. The number of benzene rings is 3. The van der Waals surface area contributed by atoms with Gasteiger partial charge in [0.2, 0.25) is 6.79 Å². The summed E-state index contributed by atoms with van der Waals surface area (Å²) in [5.74, 6) is 1.55. The number of aromatic amines is 1. The fourth-order valence-electron chi connectivity index (χ4n) is 11.2. The van der Waals surface area contributed by atoms with Crippen LogP contribution in [0, 0.1) is 13.8 Å². The van der Waals surface area contributed by atoms with Crippen molar-refractivity contribution in [2.24, 2.45) is 5.73 Å². The van der Waals surface area contributed by atoms with Gasteiger partial charge in [0, 0.05) is 76.5 Å². The van der Waals surface area contributed by atoms with Crippen LogP contribution in [-0.4, -0.2) is 95.9 Å². The second kappa shape index (κ2) is 12.5. The first-order valence-corrected chi connectivity index (χ1v) is 20.3. The first-order chi connectivity index (χ1) is 26.9. The van der Waals surface area contributed by atoms with Crippen molar-refractivity contribution in [1.82, 2.24) is 20.1 Å². The summed E-state index contributed by atoms with van der Waals surface area (Å²) in [4.78, 5) is 36.6. The highest BCUT2D eigenvalue weighted by Gasteiger charge is 2.63. The summed E-state index contributed by atoms with van der Waals surface area (Å²) in [5, 5.41) is 16.5. The van der Waals surface area contributed by atoms with Gasteiger partial charge >= 0.3 is 11.9 Å². The number of thioether (sulfide) groups is 1. The normalized spacial score (nSPS) is 31.3. The number of phenols is 1. The minimum atomic E-state index is -1.28. The number of nitrogens with one attached hydrogen (secondary N) is 2. The molecule has 56 heavy (non-hydrogen) atoms. The number of ether oxygens (including phenoxy) is 5. The summed E-state index contributed by atoms with van der Waals surface area (Å²) in [6.07, 6.45) is 1.28. The third-order valence-corrected chi connectivity index (χ3v) is 14.7. The SMILES string of the molecule is COc1c(C)cc2c(c1O)[C@H]1[C@@H]3[C@@H]4SC[C@]5(N[C@H](CN)Cc6c5[nH]c5ccccc65)C(=O)OC[C@@H](c5c6c(c(C)c(OC(C)=O)c54)OCO6)N3C(C)(C2)CN1C. The van der Waals surface area contributed by atoms with Crippen molar-refractivity contribution in [3.05, 3.63) is 75.0 Å². The summed E-state index contributed by atoms with van der Waals surface area (Å²) in [6, 6.07) is 8.90. The number of para-hydroxylation sites is 1. The number of hydrogen-bond acceptors (Lipinski definition) is 13. The Hall–Kier alpha value is -4.47. The van der Waals surface area contributed by atoms with Crippen molar-refractivity contribution >= 4 is 34.6 Å². The highest BCUT2D eigenvalue weighted by Crippen LogP contribution is 2.65. The molecule has 2 saturated heterocycles. The van der Waals surface area contributed by atoms with Gasteiger partial charge in [0.1, 0.15) is 12.4 Å². The summed E-state index contributed by atoms with van der Waals surface area (Å²) in [6.45, 7) is 8.53. The van der Waals surface area contributed by atoms with E-state index in [4.69, 9.17) is 29.4 Å². The van der Waals surface area contributed by atoms with Crippen LogP contribution < -0.4 is 30.0 Å². The summed E-state index contributed by atoms with van der Waals surface area (Å²) >= 11 is 1.63. The molecular weight excluding hydrogens is 735 g/mol. The lowest BCUT2D eigenvalue weighted by Gasteiger charge is -2.61. The highest BCUT2D eigenvalue weighted by atomic mass is 32.2. The van der Waals surface area contributed by atoms with E-state index in [0.717, 1.165) is 50.0 Å². The van der Waals surface area contributed by atoms with E-state index >= 15 is 4.79 Å². The van der Waals surface area contributed by atoms with Gasteiger partial charge in [-0.3, -0.25) is 19.9 Å². The molecule has 9 heterocycles. The number of aryl methyl sites for hydroxylation is 1. The predicted octanol–water partition coefficient (Wildman–Crippen LogP) is 4.58. The van der Waals surface area contributed by atoms with Gasteiger partial charge in [0.25, 0.3) is 0 Å². The fourth-order valence-corrected chi connectivity index (χ4v) is 12.9. The largest absolute Gasteiger partial charge is 0.504 e. The zero-order chi connectivity index (χ0) is 39.0. The van der Waals surface area contributed by atoms with Gasteiger partial charge in [-0.2, -0.15) is 0 Å². The number of methoxy groups -OCH3 is 1. The van der Waals surface area contributed by atoms with E-state index in [1.54, 1.807) is 18.9 Å². The third-order valence-electron chi connectivity index (χ3n) is 13.2. The molecule has 1 spiro atoms. The Balaban J connectivity index is 1.26. The zero-order valence-electron chi connectivity index (χ0n) is 32.4. The number of phenolic OH excluding ortho intramolecular Hbond substituents is 1. The molecule has 2 fully saturated rings. The molecule has 0 saturated carbocycles. The monoisotopic (exact) mass is 781 g/mol. The van der Waals surface area contributed by atoms with Crippen LogP contribution in [0.2, 0.25) is 0 Å². The average Bonchev–Trinajstić information content (AvgIpc) is 3.76. The van der Waals surface area contributed by atoms with Crippen LogP contribution in [-0.2, 0) is 32.7 Å². The molecule has 4 bridgehead atoms. The molecule has 8 atom stereocenters. The molecule has 13 nitrogen and oxygen atoms in total. The van der Waals surface area contributed by atoms with Gasteiger partial charge in [-0.05, 0) is 63.4 Å². The van der Waals surface area contributed by atoms with E-state index in [0.29, 0.717) is 54.5 Å². The number of carbonyl (C=O) groups is 2. The highest BCUT2D eigenvalue weighted by molar-refractivity contribution is 7.99. The lowest BCUT2D eigenvalue weighted by atomic mass is 9.76. The molecule has 0 amide bonds. The van der Waals surface area contributed by atoms with Crippen molar-refractivity contribution in [2.75, 3.05) is 46.4 Å². The van der Waals surface area contributed by atoms with Crippen LogP contribution in [0.15, 0.2) is 30.3 Å². The maximum absolute atomic E-state index is 15.1. The van der Waals surface area contributed by atoms with Crippen LogP contribution >= 0.6 is 11.8 Å². The number of esters is 2. The fraction of sp³-hybridized carbons (Fsp3) is 0.476. The molecule has 8 aliphatic heterocycles. The van der Waals surface area contributed by atoms with Gasteiger partial charge < -0.3 is 39.5 Å². The van der Waals surface area contributed by atoms with Gasteiger partial charge in [-0.1, -0.05) is 24.3 Å². The van der Waals surface area contributed by atoms with Crippen LogP contribution in [0.1, 0.15) is 75.8 Å². The summed E-state index contributed by atoms with van der Waals surface area (Å²) in [7, 11) is 3.70. The smallest absolute Gasteiger partial charge is 0.333 e. The van der Waals surface area contributed by atoms with E-state index in [2.05, 4.69) is 46.2 Å². The van der Waals surface area contributed by atoms with Crippen LogP contribution in [0.3, 0.4) is 0 Å². The van der Waals surface area contributed by atoms with Crippen LogP contribution in [0.4, 0.5) is 0 Å².